The van der Waals surface area contributed by atoms with Gasteiger partial charge >= 0.3 is 0 Å². The Morgan fingerprint density at radius 2 is 1.69 bits per heavy atom. The van der Waals surface area contributed by atoms with Crippen molar-refractivity contribution in [2.24, 2.45) is 16.0 Å². The molecular weight excluding hydrogens is 198 g/mol. The lowest BCUT2D eigenvalue weighted by Gasteiger charge is -1.95. The minimum atomic E-state index is 0.543. The minimum absolute atomic E-state index is 0.543. The van der Waals surface area contributed by atoms with Crippen LogP contribution in [0.3, 0.4) is 0 Å². The predicted octanol–water partition coefficient (Wildman–Crippen LogP) is 3.16. The summed E-state index contributed by atoms with van der Waals surface area (Å²) in [5.41, 5.74) is 8.16. The highest BCUT2D eigenvalue weighted by Crippen LogP contribution is 2.17. The summed E-state index contributed by atoms with van der Waals surface area (Å²) in [6.45, 7) is 0.543. The summed E-state index contributed by atoms with van der Waals surface area (Å²) in [4.78, 5) is 0. The number of benzene rings is 1. The zero-order valence-corrected chi connectivity index (χ0v) is 8.72. The molecule has 0 atom stereocenters. The summed E-state index contributed by atoms with van der Waals surface area (Å²) in [7, 11) is 0. The molecule has 0 spiro atoms. The molecule has 0 aromatic heterocycles. The fourth-order valence-corrected chi connectivity index (χ4v) is 1.22. The minimum Gasteiger partial charge on any atom is -0.326 e. The van der Waals surface area contributed by atoms with Crippen LogP contribution in [0.15, 0.2) is 52.7 Å². The van der Waals surface area contributed by atoms with Gasteiger partial charge in [-0.05, 0) is 29.8 Å². The number of rotatable bonds is 3. The maximum Gasteiger partial charge on any atom is 0.0946 e. The SMILES string of the molecule is NCc1ccc(/N=N/c2cc#ccc2)cc1. The third-order valence-corrected chi connectivity index (χ3v) is 2.09. The fourth-order valence-electron chi connectivity index (χ4n) is 1.22. The second kappa shape index (κ2) is 5.06. The van der Waals surface area contributed by atoms with Crippen molar-refractivity contribution in [3.63, 3.8) is 0 Å². The van der Waals surface area contributed by atoms with Crippen molar-refractivity contribution < 1.29 is 0 Å². The van der Waals surface area contributed by atoms with Gasteiger partial charge in [0.1, 0.15) is 0 Å². The Balaban J connectivity index is 2.12. The number of azo groups is 1. The predicted molar refractivity (Wildman–Crippen MR) is 62.6 cm³/mol. The van der Waals surface area contributed by atoms with Gasteiger partial charge in [-0.15, -0.1) is 5.11 Å². The number of nitrogens with two attached hydrogens (primary N) is 1. The molecule has 0 aliphatic carbocycles. The molecule has 2 aromatic carbocycles. The maximum absolute atomic E-state index is 5.50. The van der Waals surface area contributed by atoms with Gasteiger partial charge in [-0.2, -0.15) is 5.11 Å². The molecule has 2 rings (SSSR count). The van der Waals surface area contributed by atoms with Crippen LogP contribution in [0.1, 0.15) is 5.56 Å². The van der Waals surface area contributed by atoms with Gasteiger partial charge in [0.15, 0.2) is 0 Å². The monoisotopic (exact) mass is 209 g/mol. The Morgan fingerprint density at radius 1 is 0.938 bits per heavy atom. The molecule has 0 fully saturated rings. The first-order valence-electron chi connectivity index (χ1n) is 4.97. The lowest BCUT2D eigenvalue weighted by molar-refractivity contribution is 1.07. The van der Waals surface area contributed by atoms with E-state index in [9.17, 15) is 0 Å². The van der Waals surface area contributed by atoms with Crippen LogP contribution in [0.25, 0.3) is 0 Å². The topological polar surface area (TPSA) is 50.7 Å². The third-order valence-electron chi connectivity index (χ3n) is 2.09. The lowest BCUT2D eigenvalue weighted by Crippen LogP contribution is -1.94. The van der Waals surface area contributed by atoms with E-state index in [0.717, 1.165) is 16.9 Å². The number of nitrogens with zero attached hydrogens (tertiary/aromatic N) is 2. The molecule has 0 heterocycles. The van der Waals surface area contributed by atoms with Crippen molar-refractivity contribution >= 4 is 11.4 Å². The number of hydrogen-bond donors (Lipinski definition) is 1. The smallest absolute Gasteiger partial charge is 0.0946 e. The molecule has 0 amide bonds. The second-order valence-electron chi connectivity index (χ2n) is 3.26. The van der Waals surface area contributed by atoms with Gasteiger partial charge in [-0.25, -0.2) is 0 Å². The average molecular weight is 209 g/mol. The molecule has 3 heteroatoms. The van der Waals surface area contributed by atoms with E-state index < -0.39 is 0 Å². The molecule has 0 bridgehead atoms. The van der Waals surface area contributed by atoms with Crippen molar-refractivity contribution in [1.82, 2.24) is 0 Å². The van der Waals surface area contributed by atoms with Crippen LogP contribution < -0.4 is 5.73 Å². The summed E-state index contributed by atoms with van der Waals surface area (Å²) in [5, 5.41) is 8.18. The second-order valence-corrected chi connectivity index (χ2v) is 3.26. The van der Waals surface area contributed by atoms with Gasteiger partial charge in [-0.1, -0.05) is 24.3 Å². The normalized spacial score (nSPS) is 10.3. The summed E-state index contributed by atoms with van der Waals surface area (Å²) in [6, 6.07) is 18.6. The van der Waals surface area contributed by atoms with Crippen LogP contribution in [0, 0.1) is 12.1 Å². The van der Waals surface area contributed by atoms with E-state index in [1.807, 2.05) is 30.3 Å². The lowest BCUT2D eigenvalue weighted by atomic mass is 10.2. The van der Waals surface area contributed by atoms with E-state index in [0.29, 0.717) is 6.54 Å². The van der Waals surface area contributed by atoms with Crippen molar-refractivity contribution in [3.8, 4) is 0 Å². The summed E-state index contributed by atoms with van der Waals surface area (Å²) in [5.74, 6) is 0. The van der Waals surface area contributed by atoms with E-state index in [1.54, 1.807) is 12.1 Å². The largest absolute Gasteiger partial charge is 0.326 e. The standard InChI is InChI=1S/C13H11N3/c14-10-11-6-8-13(9-7-11)16-15-12-4-2-1-3-5-12/h2,4-9H,10,14H2/b16-15+. The van der Waals surface area contributed by atoms with Crippen molar-refractivity contribution in [2.75, 3.05) is 0 Å². The third kappa shape index (κ3) is 2.66. The van der Waals surface area contributed by atoms with E-state index in [2.05, 4.69) is 22.4 Å². The first kappa shape index (κ1) is 10.3. The summed E-state index contributed by atoms with van der Waals surface area (Å²) in [6.07, 6.45) is 0. The highest BCUT2D eigenvalue weighted by Gasteiger charge is 1.91. The molecule has 0 aliphatic heterocycles. The Morgan fingerprint density at radius 3 is 2.31 bits per heavy atom. The van der Waals surface area contributed by atoms with Crippen LogP contribution in [-0.2, 0) is 6.54 Å². The quantitative estimate of drug-likeness (QED) is 0.775. The molecule has 0 radical (unpaired) electrons. The Hall–Kier alpha value is -2.18. The molecule has 2 N–H and O–H groups in total. The molecule has 0 saturated carbocycles. The van der Waals surface area contributed by atoms with Crippen LogP contribution in [-0.4, -0.2) is 0 Å². The summed E-state index contributed by atoms with van der Waals surface area (Å²) >= 11 is 0. The average Bonchev–Trinajstić information content (AvgIpc) is 2.38. The fraction of sp³-hybridized carbons (Fsp3) is 0.0769. The molecule has 78 valence electrons. The van der Waals surface area contributed by atoms with Crippen LogP contribution >= 0.6 is 0 Å². The zero-order valence-electron chi connectivity index (χ0n) is 8.72. The Labute approximate surface area is 94.6 Å². The highest BCUT2D eigenvalue weighted by atomic mass is 15.1. The molecule has 0 unspecified atom stereocenters. The van der Waals surface area contributed by atoms with Gasteiger partial charge < -0.3 is 5.73 Å². The highest BCUT2D eigenvalue weighted by molar-refractivity contribution is 5.40. The van der Waals surface area contributed by atoms with Crippen LogP contribution in [0.4, 0.5) is 11.4 Å². The first-order chi connectivity index (χ1) is 7.88. The van der Waals surface area contributed by atoms with Gasteiger partial charge in [0.05, 0.1) is 11.4 Å². The molecule has 3 nitrogen and oxygen atoms in total. The maximum atomic E-state index is 5.50. The van der Waals surface area contributed by atoms with Crippen molar-refractivity contribution in [3.05, 3.63) is 60.2 Å². The summed E-state index contributed by atoms with van der Waals surface area (Å²) < 4.78 is 0. The van der Waals surface area contributed by atoms with Crippen LogP contribution in [0.5, 0.6) is 0 Å². The molecule has 0 aliphatic rings. The Kier molecular flexibility index (Phi) is 3.27. The van der Waals surface area contributed by atoms with Crippen LogP contribution in [0.2, 0.25) is 0 Å². The van der Waals surface area contributed by atoms with E-state index in [1.165, 1.54) is 0 Å². The van der Waals surface area contributed by atoms with E-state index in [4.69, 9.17) is 5.73 Å². The van der Waals surface area contributed by atoms with Gasteiger partial charge in [0.25, 0.3) is 0 Å². The van der Waals surface area contributed by atoms with E-state index >= 15 is 0 Å². The molecule has 0 saturated heterocycles. The number of hydrogen-bond acceptors (Lipinski definition) is 3. The van der Waals surface area contributed by atoms with Gasteiger partial charge in [0, 0.05) is 12.6 Å². The van der Waals surface area contributed by atoms with Gasteiger partial charge in [-0.3, -0.25) is 0 Å². The zero-order chi connectivity index (χ0) is 11.2. The first-order valence-corrected chi connectivity index (χ1v) is 4.97. The van der Waals surface area contributed by atoms with Crippen molar-refractivity contribution in [2.45, 2.75) is 6.54 Å². The molecular formula is C13H11N3. The Bertz CT molecular complexity index is 460. The van der Waals surface area contributed by atoms with E-state index in [-0.39, 0.29) is 0 Å². The van der Waals surface area contributed by atoms with Gasteiger partial charge in [0.2, 0.25) is 0 Å². The molecule has 2 aromatic rings. The van der Waals surface area contributed by atoms with Crippen molar-refractivity contribution in [1.29, 1.82) is 0 Å². The molecule has 16 heavy (non-hydrogen) atoms.